The lowest BCUT2D eigenvalue weighted by atomic mass is 9.98. The van der Waals surface area contributed by atoms with E-state index in [0.717, 1.165) is 61.2 Å². The van der Waals surface area contributed by atoms with Crippen molar-refractivity contribution in [2.75, 3.05) is 29.0 Å². The number of piperidine rings is 1. The molecule has 2 saturated heterocycles. The zero-order chi connectivity index (χ0) is 24.9. The second-order valence-corrected chi connectivity index (χ2v) is 11.7. The van der Waals surface area contributed by atoms with Gasteiger partial charge >= 0.3 is 0 Å². The largest absolute Gasteiger partial charge is 0.353 e. The van der Waals surface area contributed by atoms with E-state index >= 15 is 0 Å². The number of rotatable bonds is 5. The first-order chi connectivity index (χ1) is 16.6. The van der Waals surface area contributed by atoms with Crippen LogP contribution in [-0.4, -0.2) is 59.2 Å². The quantitative estimate of drug-likeness (QED) is 0.549. The van der Waals surface area contributed by atoms with Crippen LogP contribution in [0.2, 0.25) is 5.02 Å². The van der Waals surface area contributed by atoms with Crippen LogP contribution in [0.4, 0.5) is 11.5 Å². The normalized spacial score (nSPS) is 20.7. The third-order valence-electron chi connectivity index (χ3n) is 6.83. The molecule has 186 valence electrons. The van der Waals surface area contributed by atoms with Gasteiger partial charge in [-0.05, 0) is 57.7 Å². The number of aromatic nitrogens is 3. The highest BCUT2D eigenvalue weighted by molar-refractivity contribution is 7.92. The average molecular weight is 517 g/mol. The molecule has 1 aromatic carbocycles. The van der Waals surface area contributed by atoms with Gasteiger partial charge in [-0.3, -0.25) is 9.52 Å². The van der Waals surface area contributed by atoms with E-state index in [0.29, 0.717) is 17.6 Å². The molecule has 0 bridgehead atoms. The maximum Gasteiger partial charge on any atom is 0.256 e. The van der Waals surface area contributed by atoms with Crippen molar-refractivity contribution in [1.82, 2.24) is 19.5 Å². The number of nitrogens with zero attached hydrogens (tertiary/aromatic N) is 5. The molecular weight excluding hydrogens is 488 g/mol. The van der Waals surface area contributed by atoms with Gasteiger partial charge in [0.15, 0.2) is 5.65 Å². The van der Waals surface area contributed by atoms with Gasteiger partial charge < -0.3 is 9.80 Å². The summed E-state index contributed by atoms with van der Waals surface area (Å²) in [6.45, 7) is 5.79. The molecule has 1 amide bonds. The summed E-state index contributed by atoms with van der Waals surface area (Å²) < 4.78 is 28.0. The number of amides is 1. The fourth-order valence-corrected chi connectivity index (χ4v) is 5.67. The molecule has 0 aliphatic carbocycles. The number of anilines is 2. The van der Waals surface area contributed by atoms with Crippen LogP contribution in [0.3, 0.4) is 0 Å². The van der Waals surface area contributed by atoms with Crippen molar-refractivity contribution in [1.29, 1.82) is 0 Å². The molecule has 2 fully saturated rings. The van der Waals surface area contributed by atoms with Crippen LogP contribution in [0.5, 0.6) is 0 Å². The second kappa shape index (κ2) is 8.98. The summed E-state index contributed by atoms with van der Waals surface area (Å²) in [6.07, 6.45) is 6.80. The number of likely N-dealkylation sites (tertiary alicyclic amines) is 1. The van der Waals surface area contributed by atoms with Gasteiger partial charge in [-0.1, -0.05) is 11.6 Å². The number of benzene rings is 1. The van der Waals surface area contributed by atoms with Crippen LogP contribution in [0, 0.1) is 6.92 Å². The first-order valence-electron chi connectivity index (χ1n) is 11.8. The molecule has 1 unspecified atom stereocenters. The number of sulfonamides is 1. The minimum atomic E-state index is -3.57. The van der Waals surface area contributed by atoms with Crippen molar-refractivity contribution in [3.63, 3.8) is 0 Å². The molecule has 0 spiro atoms. The van der Waals surface area contributed by atoms with Gasteiger partial charge in [0, 0.05) is 42.0 Å². The van der Waals surface area contributed by atoms with Crippen molar-refractivity contribution < 1.29 is 13.2 Å². The van der Waals surface area contributed by atoms with E-state index < -0.39 is 10.0 Å². The van der Waals surface area contributed by atoms with Crippen molar-refractivity contribution in [3.05, 3.63) is 52.3 Å². The Bertz CT molecular complexity index is 1410. The van der Waals surface area contributed by atoms with Crippen molar-refractivity contribution >= 4 is 44.7 Å². The molecule has 2 aromatic heterocycles. The number of aryl methyl sites for hydroxylation is 1. The zero-order valence-corrected chi connectivity index (χ0v) is 21.6. The highest BCUT2D eigenvalue weighted by Gasteiger charge is 2.33. The van der Waals surface area contributed by atoms with Gasteiger partial charge in [0.25, 0.3) is 5.91 Å². The maximum absolute atomic E-state index is 13.7. The van der Waals surface area contributed by atoms with Crippen LogP contribution in [-0.2, 0) is 10.0 Å². The Kier molecular flexibility index (Phi) is 6.13. The van der Waals surface area contributed by atoms with Crippen LogP contribution in [0.15, 0.2) is 30.5 Å². The lowest BCUT2D eigenvalue weighted by Crippen LogP contribution is -2.46. The molecule has 11 heteroatoms. The Morgan fingerprint density at radius 3 is 2.66 bits per heavy atom. The van der Waals surface area contributed by atoms with E-state index in [1.54, 1.807) is 15.5 Å². The summed E-state index contributed by atoms with van der Waals surface area (Å²) in [7, 11) is -3.57. The average Bonchev–Trinajstić information content (AvgIpc) is 3.20. The smallest absolute Gasteiger partial charge is 0.256 e. The Morgan fingerprint density at radius 1 is 1.17 bits per heavy atom. The molecule has 5 rings (SSSR count). The second-order valence-electron chi connectivity index (χ2n) is 9.52. The number of halogens is 1. The molecule has 35 heavy (non-hydrogen) atoms. The lowest BCUT2D eigenvalue weighted by molar-refractivity contribution is 0.0607. The fourth-order valence-electron chi connectivity index (χ4n) is 4.92. The number of carbonyl (C=O) groups excluding carboxylic acids is 1. The SMILES string of the molecule is Cc1cn2nc([C@@H]3CCCCN3C(=O)c3cc(Cl)ccc3NS(C)(=O)=O)cc2nc1N1CCC1C. The molecular formula is C24H29ClN6O3S. The predicted molar refractivity (Wildman–Crippen MR) is 137 cm³/mol. The van der Waals surface area contributed by atoms with Crippen LogP contribution < -0.4 is 9.62 Å². The van der Waals surface area contributed by atoms with Gasteiger partial charge in [0.2, 0.25) is 10.0 Å². The Morgan fingerprint density at radius 2 is 1.97 bits per heavy atom. The Hall–Kier alpha value is -2.85. The van der Waals surface area contributed by atoms with E-state index in [1.165, 1.54) is 12.1 Å². The summed E-state index contributed by atoms with van der Waals surface area (Å²) in [5.74, 6) is 0.703. The van der Waals surface area contributed by atoms with Crippen molar-refractivity contribution in [2.24, 2.45) is 0 Å². The number of fused-ring (bicyclic) bond motifs is 1. The third kappa shape index (κ3) is 4.69. The lowest BCUT2D eigenvalue weighted by Gasteiger charge is -2.40. The van der Waals surface area contributed by atoms with Gasteiger partial charge in [-0.2, -0.15) is 5.10 Å². The minimum absolute atomic E-state index is 0.215. The third-order valence-corrected chi connectivity index (χ3v) is 7.65. The van der Waals surface area contributed by atoms with E-state index in [-0.39, 0.29) is 23.2 Å². The first-order valence-corrected chi connectivity index (χ1v) is 14.1. The number of nitrogens with one attached hydrogen (secondary N) is 1. The van der Waals surface area contributed by atoms with E-state index in [4.69, 9.17) is 21.7 Å². The maximum atomic E-state index is 13.7. The first kappa shape index (κ1) is 23.9. The predicted octanol–water partition coefficient (Wildman–Crippen LogP) is 4.03. The van der Waals surface area contributed by atoms with Crippen molar-refractivity contribution in [3.8, 4) is 0 Å². The summed E-state index contributed by atoms with van der Waals surface area (Å²) >= 11 is 6.18. The molecule has 4 heterocycles. The summed E-state index contributed by atoms with van der Waals surface area (Å²) in [5, 5.41) is 5.15. The monoisotopic (exact) mass is 516 g/mol. The van der Waals surface area contributed by atoms with E-state index in [1.807, 2.05) is 19.2 Å². The Labute approximate surface area is 210 Å². The molecule has 2 atom stereocenters. The molecule has 3 aromatic rings. The molecule has 2 aliphatic heterocycles. The standard InChI is InChI=1S/C24H29ClN6O3S/c1-15-14-31-22(26-23(15)29-11-9-16(29)2)13-20(27-31)21-6-4-5-10-30(21)24(32)18-12-17(25)7-8-19(18)28-35(3,33)34/h7-8,12-14,16,21,28H,4-6,9-11H2,1-3H3/t16?,21-/m0/s1. The van der Waals surface area contributed by atoms with Crippen LogP contribution in [0.1, 0.15) is 60.3 Å². The van der Waals surface area contributed by atoms with Crippen LogP contribution >= 0.6 is 11.6 Å². The molecule has 2 aliphatic rings. The number of carbonyl (C=O) groups is 1. The molecule has 9 nitrogen and oxygen atoms in total. The highest BCUT2D eigenvalue weighted by Crippen LogP contribution is 2.35. The van der Waals surface area contributed by atoms with Gasteiger partial charge in [0.05, 0.1) is 29.2 Å². The van der Waals surface area contributed by atoms with E-state index in [9.17, 15) is 13.2 Å². The summed E-state index contributed by atoms with van der Waals surface area (Å²) in [6, 6.07) is 6.78. The summed E-state index contributed by atoms with van der Waals surface area (Å²) in [5.41, 5.74) is 3.03. The Balaban J connectivity index is 1.50. The molecule has 0 radical (unpaired) electrons. The van der Waals surface area contributed by atoms with E-state index in [2.05, 4.69) is 16.5 Å². The molecule has 1 N–H and O–H groups in total. The number of hydrogen-bond acceptors (Lipinski definition) is 6. The topological polar surface area (TPSA) is 99.9 Å². The van der Waals surface area contributed by atoms with Gasteiger partial charge in [0.1, 0.15) is 5.82 Å². The van der Waals surface area contributed by atoms with Crippen molar-refractivity contribution in [2.45, 2.75) is 51.6 Å². The van der Waals surface area contributed by atoms with Crippen LogP contribution in [0.25, 0.3) is 5.65 Å². The highest BCUT2D eigenvalue weighted by atomic mass is 35.5. The summed E-state index contributed by atoms with van der Waals surface area (Å²) in [4.78, 5) is 22.7. The fraction of sp³-hybridized carbons (Fsp3) is 0.458. The number of hydrogen-bond donors (Lipinski definition) is 1. The van der Waals surface area contributed by atoms with Gasteiger partial charge in [-0.15, -0.1) is 0 Å². The molecule has 0 saturated carbocycles. The minimum Gasteiger partial charge on any atom is -0.353 e. The van der Waals surface area contributed by atoms with Gasteiger partial charge in [-0.25, -0.2) is 17.9 Å². The zero-order valence-electron chi connectivity index (χ0n) is 20.0.